The molecule has 0 fully saturated rings. The van der Waals surface area contributed by atoms with Gasteiger partial charge in [0.15, 0.2) is 0 Å². The maximum atomic E-state index is 12.5. The Hall–Kier alpha value is -0.980. The second kappa shape index (κ2) is 5.20. The predicted molar refractivity (Wildman–Crippen MR) is 53.2 cm³/mol. The van der Waals surface area contributed by atoms with Crippen LogP contribution in [0.15, 0.2) is 29.2 Å². The van der Waals surface area contributed by atoms with Gasteiger partial charge in [0, 0.05) is 0 Å². The van der Waals surface area contributed by atoms with Gasteiger partial charge in [-0.05, 0) is 37.2 Å². The first kappa shape index (κ1) is 12.1. The summed E-state index contributed by atoms with van der Waals surface area (Å²) in [5.74, 6) is -0.490. The molecule has 4 nitrogen and oxygen atoms in total. The topological polar surface area (TPSA) is 69.4 Å². The van der Waals surface area contributed by atoms with Crippen molar-refractivity contribution in [2.24, 2.45) is 5.73 Å². The largest absolute Gasteiger partial charge is 0.330 e. The lowest BCUT2D eigenvalue weighted by molar-refractivity contribution is 0.314. The minimum atomic E-state index is -3.77. The zero-order chi connectivity index (χ0) is 11.3. The van der Waals surface area contributed by atoms with Crippen LogP contribution >= 0.6 is 0 Å². The normalized spacial score (nSPS) is 11.6. The number of halogens is 1. The Morgan fingerprint density at radius 3 is 2.40 bits per heavy atom. The average molecular weight is 233 g/mol. The molecule has 1 aromatic carbocycles. The van der Waals surface area contributed by atoms with Gasteiger partial charge in [0.2, 0.25) is 0 Å². The van der Waals surface area contributed by atoms with Gasteiger partial charge >= 0.3 is 0 Å². The maximum absolute atomic E-state index is 12.5. The zero-order valence-corrected chi connectivity index (χ0v) is 8.84. The Kier molecular flexibility index (Phi) is 4.19. The molecular weight excluding hydrogens is 221 g/mol. The molecule has 1 aromatic rings. The van der Waals surface area contributed by atoms with Crippen molar-refractivity contribution in [3.8, 4) is 0 Å². The Morgan fingerprint density at radius 2 is 1.87 bits per heavy atom. The standard InChI is InChI=1S/C9H12FNO3S/c10-8-2-4-9(5-3-8)15(12,13)14-7-1-6-11/h2-5H,1,6-7,11H2. The molecular formula is C9H12FNO3S. The third-order valence-electron chi connectivity index (χ3n) is 1.69. The van der Waals surface area contributed by atoms with E-state index in [2.05, 4.69) is 4.18 Å². The minimum absolute atomic E-state index is 0.0379. The van der Waals surface area contributed by atoms with Gasteiger partial charge < -0.3 is 5.73 Å². The van der Waals surface area contributed by atoms with E-state index in [-0.39, 0.29) is 11.5 Å². The molecule has 0 amide bonds. The van der Waals surface area contributed by atoms with Crippen LogP contribution in [0.2, 0.25) is 0 Å². The van der Waals surface area contributed by atoms with Gasteiger partial charge in [-0.3, -0.25) is 4.18 Å². The van der Waals surface area contributed by atoms with Crippen LogP contribution in [0.5, 0.6) is 0 Å². The summed E-state index contributed by atoms with van der Waals surface area (Å²) in [5, 5.41) is 0. The van der Waals surface area contributed by atoms with Crippen molar-refractivity contribution in [3.05, 3.63) is 30.1 Å². The van der Waals surface area contributed by atoms with Gasteiger partial charge in [-0.2, -0.15) is 8.42 Å². The van der Waals surface area contributed by atoms with Gasteiger partial charge in [0.25, 0.3) is 10.1 Å². The molecule has 0 radical (unpaired) electrons. The van der Waals surface area contributed by atoms with Crippen LogP contribution in [0, 0.1) is 5.82 Å². The molecule has 0 spiro atoms. The summed E-state index contributed by atoms with van der Waals surface area (Å²) >= 11 is 0. The lowest BCUT2D eigenvalue weighted by Crippen LogP contribution is -2.10. The van der Waals surface area contributed by atoms with Crippen LogP contribution in [-0.4, -0.2) is 21.6 Å². The fourth-order valence-electron chi connectivity index (χ4n) is 0.921. The van der Waals surface area contributed by atoms with E-state index < -0.39 is 15.9 Å². The van der Waals surface area contributed by atoms with E-state index in [1.807, 2.05) is 0 Å². The van der Waals surface area contributed by atoms with E-state index >= 15 is 0 Å². The highest BCUT2D eigenvalue weighted by Gasteiger charge is 2.14. The van der Waals surface area contributed by atoms with E-state index in [9.17, 15) is 12.8 Å². The molecule has 6 heteroatoms. The third-order valence-corrected chi connectivity index (χ3v) is 3.02. The SMILES string of the molecule is NCCCOS(=O)(=O)c1ccc(F)cc1. The number of hydrogen-bond acceptors (Lipinski definition) is 4. The van der Waals surface area contributed by atoms with Crippen LogP contribution in [0.4, 0.5) is 4.39 Å². The predicted octanol–water partition coefficient (Wildman–Crippen LogP) is 0.880. The summed E-state index contributed by atoms with van der Waals surface area (Å²) in [4.78, 5) is -0.0547. The summed E-state index contributed by atoms with van der Waals surface area (Å²) < 4.78 is 40.1. The van der Waals surface area contributed by atoms with Crippen molar-refractivity contribution in [2.45, 2.75) is 11.3 Å². The summed E-state index contributed by atoms with van der Waals surface area (Å²) in [6.07, 6.45) is 0.459. The molecule has 0 atom stereocenters. The van der Waals surface area contributed by atoms with E-state index in [1.54, 1.807) is 0 Å². The average Bonchev–Trinajstić information content (AvgIpc) is 2.18. The Morgan fingerprint density at radius 1 is 1.27 bits per heavy atom. The van der Waals surface area contributed by atoms with Crippen molar-refractivity contribution >= 4 is 10.1 Å². The quantitative estimate of drug-likeness (QED) is 0.605. The molecule has 0 aromatic heterocycles. The molecule has 0 aliphatic heterocycles. The highest BCUT2D eigenvalue weighted by atomic mass is 32.2. The molecule has 0 bridgehead atoms. The Bertz CT molecular complexity index is 402. The molecule has 0 unspecified atom stereocenters. The lowest BCUT2D eigenvalue weighted by Gasteiger charge is -2.04. The van der Waals surface area contributed by atoms with Gasteiger partial charge in [0.05, 0.1) is 11.5 Å². The van der Waals surface area contributed by atoms with Crippen molar-refractivity contribution in [2.75, 3.05) is 13.2 Å². The highest BCUT2D eigenvalue weighted by Crippen LogP contribution is 2.12. The molecule has 0 heterocycles. The lowest BCUT2D eigenvalue weighted by atomic mass is 10.4. The van der Waals surface area contributed by atoms with Gasteiger partial charge in [0.1, 0.15) is 5.82 Å². The van der Waals surface area contributed by atoms with E-state index in [0.717, 1.165) is 24.3 Å². The first-order valence-corrected chi connectivity index (χ1v) is 5.82. The van der Waals surface area contributed by atoms with E-state index in [0.29, 0.717) is 13.0 Å². The Balaban J connectivity index is 2.73. The first-order chi connectivity index (χ1) is 7.06. The fraction of sp³-hybridized carbons (Fsp3) is 0.333. The minimum Gasteiger partial charge on any atom is -0.330 e. The van der Waals surface area contributed by atoms with Crippen LogP contribution in [0.25, 0.3) is 0 Å². The van der Waals surface area contributed by atoms with Crippen molar-refractivity contribution < 1.29 is 17.0 Å². The van der Waals surface area contributed by atoms with Crippen molar-refractivity contribution in [1.29, 1.82) is 0 Å². The van der Waals surface area contributed by atoms with Crippen molar-refractivity contribution in [3.63, 3.8) is 0 Å². The van der Waals surface area contributed by atoms with E-state index in [1.165, 1.54) is 0 Å². The molecule has 0 aliphatic rings. The zero-order valence-electron chi connectivity index (χ0n) is 8.02. The second-order valence-electron chi connectivity index (χ2n) is 2.87. The highest BCUT2D eigenvalue weighted by molar-refractivity contribution is 7.86. The molecule has 0 saturated carbocycles. The summed E-state index contributed by atoms with van der Waals surface area (Å²) in [6.45, 7) is 0.398. The van der Waals surface area contributed by atoms with Crippen LogP contribution in [0.3, 0.4) is 0 Å². The number of rotatable bonds is 5. The van der Waals surface area contributed by atoms with Crippen molar-refractivity contribution in [1.82, 2.24) is 0 Å². The number of hydrogen-bond donors (Lipinski definition) is 1. The molecule has 15 heavy (non-hydrogen) atoms. The number of nitrogens with two attached hydrogens (primary N) is 1. The Labute approximate surface area is 88.0 Å². The summed E-state index contributed by atoms with van der Waals surface area (Å²) in [6, 6.07) is 4.46. The molecule has 1 rings (SSSR count). The van der Waals surface area contributed by atoms with Gasteiger partial charge in [-0.25, -0.2) is 4.39 Å². The monoisotopic (exact) mass is 233 g/mol. The smallest absolute Gasteiger partial charge is 0.296 e. The maximum Gasteiger partial charge on any atom is 0.296 e. The third kappa shape index (κ3) is 3.58. The molecule has 84 valence electrons. The molecule has 2 N–H and O–H groups in total. The summed E-state index contributed by atoms with van der Waals surface area (Å²) in [7, 11) is -3.77. The van der Waals surface area contributed by atoms with Gasteiger partial charge in [-0.1, -0.05) is 0 Å². The van der Waals surface area contributed by atoms with Gasteiger partial charge in [-0.15, -0.1) is 0 Å². The second-order valence-corrected chi connectivity index (χ2v) is 4.49. The number of benzene rings is 1. The summed E-state index contributed by atoms with van der Waals surface area (Å²) in [5.41, 5.74) is 5.19. The molecule has 0 aliphatic carbocycles. The molecule has 0 saturated heterocycles. The fourth-order valence-corrected chi connectivity index (χ4v) is 1.86. The van der Waals surface area contributed by atoms with Crippen LogP contribution < -0.4 is 5.73 Å². The van der Waals surface area contributed by atoms with Crippen LogP contribution in [-0.2, 0) is 14.3 Å². The first-order valence-electron chi connectivity index (χ1n) is 4.41. The van der Waals surface area contributed by atoms with E-state index in [4.69, 9.17) is 5.73 Å². The van der Waals surface area contributed by atoms with Crippen LogP contribution in [0.1, 0.15) is 6.42 Å².